The smallest absolute Gasteiger partial charge is 0.221 e. The van der Waals surface area contributed by atoms with Crippen LogP contribution in [0, 0.1) is 6.92 Å². The lowest BCUT2D eigenvalue weighted by Crippen LogP contribution is -2.21. The van der Waals surface area contributed by atoms with E-state index in [0.717, 1.165) is 23.8 Å². The van der Waals surface area contributed by atoms with Crippen molar-refractivity contribution >= 4 is 11.7 Å². The Morgan fingerprint density at radius 2 is 2.19 bits per heavy atom. The van der Waals surface area contributed by atoms with E-state index < -0.39 is 0 Å². The second-order valence-corrected chi connectivity index (χ2v) is 3.50. The van der Waals surface area contributed by atoms with E-state index in [9.17, 15) is 4.79 Å². The molecule has 5 nitrogen and oxygen atoms in total. The minimum atomic E-state index is 0.0222. The SMILES string of the molecule is CCc1cc(NCCC(=O)NC)nc(C)n1. The summed E-state index contributed by atoms with van der Waals surface area (Å²) in [4.78, 5) is 19.5. The summed E-state index contributed by atoms with van der Waals surface area (Å²) in [5.41, 5.74) is 1.01. The van der Waals surface area contributed by atoms with Crippen LogP contribution in [0.4, 0.5) is 5.82 Å². The molecule has 1 aromatic rings. The van der Waals surface area contributed by atoms with Gasteiger partial charge in [0.2, 0.25) is 5.91 Å². The summed E-state index contributed by atoms with van der Waals surface area (Å²) in [6, 6.07) is 1.91. The molecule has 0 aliphatic rings. The third-order valence-corrected chi connectivity index (χ3v) is 2.19. The van der Waals surface area contributed by atoms with Gasteiger partial charge in [-0.2, -0.15) is 0 Å². The minimum Gasteiger partial charge on any atom is -0.369 e. The molecular formula is C11H18N4O. The first-order valence-corrected chi connectivity index (χ1v) is 5.44. The molecule has 5 heteroatoms. The zero-order valence-electron chi connectivity index (χ0n) is 10.0. The summed E-state index contributed by atoms with van der Waals surface area (Å²) in [6.45, 7) is 4.50. The molecule has 0 bridgehead atoms. The van der Waals surface area contributed by atoms with Crippen LogP contribution in [0.1, 0.15) is 24.9 Å². The highest BCUT2D eigenvalue weighted by Gasteiger charge is 2.01. The fraction of sp³-hybridized carbons (Fsp3) is 0.545. The van der Waals surface area contributed by atoms with Crippen molar-refractivity contribution in [1.29, 1.82) is 0 Å². The minimum absolute atomic E-state index is 0.0222. The molecule has 1 heterocycles. The summed E-state index contributed by atoms with van der Waals surface area (Å²) < 4.78 is 0. The molecule has 0 unspecified atom stereocenters. The fourth-order valence-corrected chi connectivity index (χ4v) is 1.33. The molecule has 0 aromatic carbocycles. The number of carbonyl (C=O) groups excluding carboxylic acids is 1. The number of nitrogens with zero attached hydrogens (tertiary/aromatic N) is 2. The molecule has 0 atom stereocenters. The normalized spacial score (nSPS) is 9.94. The molecule has 1 aromatic heterocycles. The zero-order valence-corrected chi connectivity index (χ0v) is 10.0. The van der Waals surface area contributed by atoms with Gasteiger partial charge in [0.1, 0.15) is 11.6 Å². The molecule has 1 rings (SSSR count). The quantitative estimate of drug-likeness (QED) is 0.776. The number of aryl methyl sites for hydroxylation is 2. The van der Waals surface area contributed by atoms with Gasteiger partial charge in [0.25, 0.3) is 0 Å². The maximum absolute atomic E-state index is 11.0. The van der Waals surface area contributed by atoms with Gasteiger partial charge in [0, 0.05) is 31.8 Å². The van der Waals surface area contributed by atoms with Crippen LogP contribution in [0.3, 0.4) is 0 Å². The van der Waals surface area contributed by atoms with Crippen molar-refractivity contribution in [2.45, 2.75) is 26.7 Å². The lowest BCUT2D eigenvalue weighted by molar-refractivity contribution is -0.120. The van der Waals surface area contributed by atoms with Crippen LogP contribution >= 0.6 is 0 Å². The third-order valence-electron chi connectivity index (χ3n) is 2.19. The van der Waals surface area contributed by atoms with Gasteiger partial charge < -0.3 is 10.6 Å². The van der Waals surface area contributed by atoms with Crippen molar-refractivity contribution < 1.29 is 4.79 Å². The predicted octanol–water partition coefficient (Wildman–Crippen LogP) is 0.895. The average molecular weight is 222 g/mol. The Balaban J connectivity index is 2.53. The third kappa shape index (κ3) is 3.84. The Morgan fingerprint density at radius 3 is 2.81 bits per heavy atom. The van der Waals surface area contributed by atoms with Gasteiger partial charge in [-0.25, -0.2) is 9.97 Å². The number of hydrogen-bond acceptors (Lipinski definition) is 4. The first-order chi connectivity index (χ1) is 7.65. The van der Waals surface area contributed by atoms with Crippen molar-refractivity contribution in [3.05, 3.63) is 17.6 Å². The van der Waals surface area contributed by atoms with Crippen molar-refractivity contribution in [3.8, 4) is 0 Å². The highest BCUT2D eigenvalue weighted by molar-refractivity contribution is 5.76. The Labute approximate surface area is 95.7 Å². The van der Waals surface area contributed by atoms with Crippen LogP contribution in [0.5, 0.6) is 0 Å². The number of rotatable bonds is 5. The Bertz CT molecular complexity index is 365. The van der Waals surface area contributed by atoms with Gasteiger partial charge in [-0.05, 0) is 13.3 Å². The van der Waals surface area contributed by atoms with Crippen LogP contribution in [-0.2, 0) is 11.2 Å². The van der Waals surface area contributed by atoms with Crippen molar-refractivity contribution in [1.82, 2.24) is 15.3 Å². The molecule has 88 valence electrons. The summed E-state index contributed by atoms with van der Waals surface area (Å²) in [7, 11) is 1.63. The van der Waals surface area contributed by atoms with E-state index in [1.54, 1.807) is 7.05 Å². The predicted molar refractivity (Wildman–Crippen MR) is 63.3 cm³/mol. The first kappa shape index (κ1) is 12.4. The van der Waals surface area contributed by atoms with Gasteiger partial charge >= 0.3 is 0 Å². The average Bonchev–Trinajstić information content (AvgIpc) is 2.28. The van der Waals surface area contributed by atoms with E-state index in [1.165, 1.54) is 0 Å². The summed E-state index contributed by atoms with van der Waals surface area (Å²) >= 11 is 0. The summed E-state index contributed by atoms with van der Waals surface area (Å²) in [6.07, 6.45) is 1.33. The number of hydrogen-bond donors (Lipinski definition) is 2. The van der Waals surface area contributed by atoms with Gasteiger partial charge in [-0.1, -0.05) is 6.92 Å². The van der Waals surface area contributed by atoms with Gasteiger partial charge in [-0.3, -0.25) is 4.79 Å². The van der Waals surface area contributed by atoms with E-state index >= 15 is 0 Å². The van der Waals surface area contributed by atoms with Crippen LogP contribution in [0.15, 0.2) is 6.07 Å². The molecule has 16 heavy (non-hydrogen) atoms. The second kappa shape index (κ2) is 6.05. The zero-order chi connectivity index (χ0) is 12.0. The molecule has 0 spiro atoms. The van der Waals surface area contributed by atoms with Crippen LogP contribution in [-0.4, -0.2) is 29.5 Å². The van der Waals surface area contributed by atoms with Gasteiger partial charge in [-0.15, -0.1) is 0 Å². The lowest BCUT2D eigenvalue weighted by Gasteiger charge is -2.07. The Hall–Kier alpha value is -1.65. The fourth-order valence-electron chi connectivity index (χ4n) is 1.33. The second-order valence-electron chi connectivity index (χ2n) is 3.50. The molecule has 0 fully saturated rings. The monoisotopic (exact) mass is 222 g/mol. The van der Waals surface area contributed by atoms with Crippen molar-refractivity contribution in [2.24, 2.45) is 0 Å². The van der Waals surface area contributed by atoms with Crippen molar-refractivity contribution in [2.75, 3.05) is 18.9 Å². The van der Waals surface area contributed by atoms with E-state index in [2.05, 4.69) is 27.5 Å². The van der Waals surface area contributed by atoms with E-state index in [-0.39, 0.29) is 5.91 Å². The Morgan fingerprint density at radius 1 is 1.44 bits per heavy atom. The largest absolute Gasteiger partial charge is 0.369 e. The molecular weight excluding hydrogens is 204 g/mol. The maximum Gasteiger partial charge on any atom is 0.221 e. The molecule has 0 saturated carbocycles. The maximum atomic E-state index is 11.0. The highest BCUT2D eigenvalue weighted by Crippen LogP contribution is 2.06. The lowest BCUT2D eigenvalue weighted by atomic mass is 10.3. The van der Waals surface area contributed by atoms with Gasteiger partial charge in [0.15, 0.2) is 0 Å². The van der Waals surface area contributed by atoms with E-state index in [4.69, 9.17) is 0 Å². The number of nitrogens with one attached hydrogen (secondary N) is 2. The van der Waals surface area contributed by atoms with Crippen molar-refractivity contribution in [3.63, 3.8) is 0 Å². The summed E-state index contributed by atoms with van der Waals surface area (Å²) in [5.74, 6) is 1.56. The Kier molecular flexibility index (Phi) is 4.69. The molecule has 0 saturated heterocycles. The molecule has 0 radical (unpaired) electrons. The standard InChI is InChI=1S/C11H18N4O/c1-4-9-7-10(15-8(2)14-9)13-6-5-11(16)12-3/h7H,4-6H2,1-3H3,(H,12,16)(H,13,14,15). The first-order valence-electron chi connectivity index (χ1n) is 5.44. The van der Waals surface area contributed by atoms with Gasteiger partial charge in [0.05, 0.1) is 0 Å². The number of amides is 1. The van der Waals surface area contributed by atoms with E-state index in [0.29, 0.717) is 13.0 Å². The molecule has 0 aliphatic heterocycles. The molecule has 2 N–H and O–H groups in total. The van der Waals surface area contributed by atoms with Crippen LogP contribution in [0.2, 0.25) is 0 Å². The highest BCUT2D eigenvalue weighted by atomic mass is 16.1. The topological polar surface area (TPSA) is 66.9 Å². The van der Waals surface area contributed by atoms with Crippen LogP contribution in [0.25, 0.3) is 0 Å². The number of aromatic nitrogens is 2. The number of carbonyl (C=O) groups is 1. The molecule has 0 aliphatic carbocycles. The van der Waals surface area contributed by atoms with Crippen LogP contribution < -0.4 is 10.6 Å². The summed E-state index contributed by atoms with van der Waals surface area (Å²) in [5, 5.41) is 5.69. The number of anilines is 1. The molecule has 1 amide bonds. The van der Waals surface area contributed by atoms with E-state index in [1.807, 2.05) is 13.0 Å².